The molecule has 0 atom stereocenters. The van der Waals surface area contributed by atoms with Crippen molar-refractivity contribution in [3.05, 3.63) is 29.7 Å². The van der Waals surface area contributed by atoms with Gasteiger partial charge in [0.15, 0.2) is 0 Å². The molecular formula is C11H11ClN2O2. The quantitative estimate of drug-likeness (QED) is 0.606. The molecule has 1 heterocycles. The van der Waals surface area contributed by atoms with Crippen LogP contribution in [0, 0.1) is 0 Å². The van der Waals surface area contributed by atoms with Crippen LogP contribution in [0.4, 0.5) is 0 Å². The van der Waals surface area contributed by atoms with Crippen molar-refractivity contribution in [3.8, 4) is 5.75 Å². The third-order valence-corrected chi connectivity index (χ3v) is 2.41. The van der Waals surface area contributed by atoms with Gasteiger partial charge in [-0.05, 0) is 12.1 Å². The Labute approximate surface area is 98.2 Å². The van der Waals surface area contributed by atoms with E-state index in [0.717, 1.165) is 10.9 Å². The van der Waals surface area contributed by atoms with Crippen LogP contribution in [0.3, 0.4) is 0 Å². The number of methoxy groups -OCH3 is 1. The van der Waals surface area contributed by atoms with Gasteiger partial charge >= 0.3 is 0 Å². The van der Waals surface area contributed by atoms with E-state index in [1.54, 1.807) is 7.11 Å². The fraction of sp³-hybridized carbons (Fsp3) is 0.273. The van der Waals surface area contributed by atoms with Crippen LogP contribution >= 0.6 is 11.6 Å². The number of benzene rings is 1. The molecule has 0 saturated heterocycles. The van der Waals surface area contributed by atoms with Crippen LogP contribution in [-0.2, 0) is 4.74 Å². The zero-order valence-corrected chi connectivity index (χ0v) is 9.57. The highest BCUT2D eigenvalue weighted by atomic mass is 35.5. The van der Waals surface area contributed by atoms with Gasteiger partial charge in [0.2, 0.25) is 0 Å². The summed E-state index contributed by atoms with van der Waals surface area (Å²) in [5.74, 6) is 0.681. The lowest BCUT2D eigenvalue weighted by atomic mass is 10.2. The highest BCUT2D eigenvalue weighted by Crippen LogP contribution is 2.29. The minimum Gasteiger partial charge on any atom is -0.490 e. The lowest BCUT2D eigenvalue weighted by molar-refractivity contribution is 0.147. The van der Waals surface area contributed by atoms with Gasteiger partial charge in [-0.15, -0.1) is 0 Å². The molecule has 0 saturated carbocycles. The molecule has 0 fully saturated rings. The molecule has 84 valence electrons. The van der Waals surface area contributed by atoms with Crippen LogP contribution in [0.25, 0.3) is 10.9 Å². The molecule has 0 aliphatic heterocycles. The van der Waals surface area contributed by atoms with E-state index in [1.807, 2.05) is 18.2 Å². The van der Waals surface area contributed by atoms with Crippen molar-refractivity contribution in [1.29, 1.82) is 0 Å². The van der Waals surface area contributed by atoms with Gasteiger partial charge in [0.05, 0.1) is 17.5 Å². The van der Waals surface area contributed by atoms with E-state index in [-0.39, 0.29) is 0 Å². The Morgan fingerprint density at radius 2 is 2.12 bits per heavy atom. The zero-order chi connectivity index (χ0) is 11.4. The zero-order valence-electron chi connectivity index (χ0n) is 8.81. The van der Waals surface area contributed by atoms with Gasteiger partial charge in [0, 0.05) is 7.11 Å². The summed E-state index contributed by atoms with van der Waals surface area (Å²) in [5, 5.41) is 1.14. The maximum atomic E-state index is 6.01. The van der Waals surface area contributed by atoms with E-state index < -0.39 is 0 Å². The number of halogens is 1. The molecule has 0 aliphatic carbocycles. The van der Waals surface area contributed by atoms with Gasteiger partial charge in [0.25, 0.3) is 0 Å². The summed E-state index contributed by atoms with van der Waals surface area (Å²) < 4.78 is 10.5. The van der Waals surface area contributed by atoms with Crippen molar-refractivity contribution in [1.82, 2.24) is 9.97 Å². The fourth-order valence-corrected chi connectivity index (χ4v) is 1.63. The van der Waals surface area contributed by atoms with Crippen LogP contribution in [0.15, 0.2) is 24.5 Å². The minimum atomic E-state index is 0.401. The van der Waals surface area contributed by atoms with E-state index in [2.05, 4.69) is 9.97 Å². The first-order chi connectivity index (χ1) is 7.83. The van der Waals surface area contributed by atoms with Crippen LogP contribution < -0.4 is 4.74 Å². The normalized spacial score (nSPS) is 10.6. The van der Waals surface area contributed by atoms with Gasteiger partial charge in [-0.2, -0.15) is 0 Å². The topological polar surface area (TPSA) is 44.2 Å². The number of hydrogen-bond donors (Lipinski definition) is 0. The Morgan fingerprint density at radius 1 is 1.25 bits per heavy atom. The molecule has 1 aromatic carbocycles. The molecule has 0 bridgehead atoms. The molecule has 2 aromatic rings. The number of fused-ring (bicyclic) bond motifs is 1. The smallest absolute Gasteiger partial charge is 0.144 e. The van der Waals surface area contributed by atoms with Gasteiger partial charge < -0.3 is 9.47 Å². The highest BCUT2D eigenvalue weighted by Gasteiger charge is 2.07. The minimum absolute atomic E-state index is 0.401. The Bertz CT molecular complexity index is 485. The Kier molecular flexibility index (Phi) is 3.54. The van der Waals surface area contributed by atoms with Crippen molar-refractivity contribution in [2.75, 3.05) is 20.3 Å². The summed E-state index contributed by atoms with van der Waals surface area (Å²) >= 11 is 6.01. The maximum Gasteiger partial charge on any atom is 0.144 e. The van der Waals surface area contributed by atoms with Gasteiger partial charge in [-0.1, -0.05) is 17.7 Å². The monoisotopic (exact) mass is 238 g/mol. The summed E-state index contributed by atoms with van der Waals surface area (Å²) in [5.41, 5.74) is 0.773. The first-order valence-electron chi connectivity index (χ1n) is 4.84. The molecule has 0 aliphatic rings. The highest BCUT2D eigenvalue weighted by molar-refractivity contribution is 6.34. The molecule has 0 radical (unpaired) electrons. The van der Waals surface area contributed by atoms with E-state index in [0.29, 0.717) is 24.1 Å². The van der Waals surface area contributed by atoms with Crippen LogP contribution in [0.1, 0.15) is 0 Å². The van der Waals surface area contributed by atoms with Gasteiger partial charge in [-0.3, -0.25) is 0 Å². The summed E-state index contributed by atoms with van der Waals surface area (Å²) in [6, 6.07) is 5.58. The SMILES string of the molecule is COCCOc1cccc2ncnc(Cl)c12. The first kappa shape index (κ1) is 11.1. The average molecular weight is 239 g/mol. The second-order valence-corrected chi connectivity index (χ2v) is 3.51. The predicted molar refractivity (Wildman–Crippen MR) is 61.9 cm³/mol. The molecule has 0 N–H and O–H groups in total. The van der Waals surface area contributed by atoms with Crippen molar-refractivity contribution in [2.45, 2.75) is 0 Å². The van der Waals surface area contributed by atoms with Crippen LogP contribution in [-0.4, -0.2) is 30.3 Å². The molecule has 4 nitrogen and oxygen atoms in total. The van der Waals surface area contributed by atoms with E-state index >= 15 is 0 Å². The molecule has 2 rings (SSSR count). The van der Waals surface area contributed by atoms with Crippen molar-refractivity contribution in [3.63, 3.8) is 0 Å². The number of aromatic nitrogens is 2. The van der Waals surface area contributed by atoms with E-state index in [4.69, 9.17) is 21.1 Å². The number of hydrogen-bond acceptors (Lipinski definition) is 4. The third-order valence-electron chi connectivity index (χ3n) is 2.12. The molecule has 0 amide bonds. The second-order valence-electron chi connectivity index (χ2n) is 3.16. The van der Waals surface area contributed by atoms with E-state index in [9.17, 15) is 0 Å². The van der Waals surface area contributed by atoms with Gasteiger partial charge in [-0.25, -0.2) is 9.97 Å². The predicted octanol–water partition coefficient (Wildman–Crippen LogP) is 2.31. The lowest BCUT2D eigenvalue weighted by Gasteiger charge is -2.08. The van der Waals surface area contributed by atoms with Gasteiger partial charge in [0.1, 0.15) is 23.8 Å². The molecule has 1 aromatic heterocycles. The average Bonchev–Trinajstić information content (AvgIpc) is 2.30. The molecule has 5 heteroatoms. The maximum absolute atomic E-state index is 6.01. The fourth-order valence-electron chi connectivity index (χ4n) is 1.40. The summed E-state index contributed by atoms with van der Waals surface area (Å²) in [4.78, 5) is 8.06. The first-order valence-corrected chi connectivity index (χ1v) is 5.21. The lowest BCUT2D eigenvalue weighted by Crippen LogP contribution is -2.04. The molecule has 0 unspecified atom stereocenters. The number of ether oxygens (including phenoxy) is 2. The number of nitrogens with zero attached hydrogens (tertiary/aromatic N) is 2. The third kappa shape index (κ3) is 2.23. The summed E-state index contributed by atoms with van der Waals surface area (Å²) in [7, 11) is 1.63. The Hall–Kier alpha value is -1.39. The largest absolute Gasteiger partial charge is 0.490 e. The number of rotatable bonds is 4. The molecule has 0 spiro atoms. The van der Waals surface area contributed by atoms with E-state index in [1.165, 1.54) is 6.33 Å². The van der Waals surface area contributed by atoms with Crippen LogP contribution in [0.2, 0.25) is 5.15 Å². The Balaban J connectivity index is 2.37. The summed E-state index contributed by atoms with van der Waals surface area (Å²) in [6.45, 7) is 1.00. The van der Waals surface area contributed by atoms with Crippen molar-refractivity contribution in [2.24, 2.45) is 0 Å². The van der Waals surface area contributed by atoms with Crippen LogP contribution in [0.5, 0.6) is 5.75 Å². The molecular weight excluding hydrogens is 228 g/mol. The second kappa shape index (κ2) is 5.09. The standard InChI is InChI=1S/C11H11ClN2O2/c1-15-5-6-16-9-4-2-3-8-10(9)11(12)14-7-13-8/h2-4,7H,5-6H2,1H3. The Morgan fingerprint density at radius 3 is 2.94 bits per heavy atom. The summed E-state index contributed by atoms with van der Waals surface area (Å²) in [6.07, 6.45) is 1.43. The molecule has 16 heavy (non-hydrogen) atoms. The van der Waals surface area contributed by atoms with Crippen molar-refractivity contribution >= 4 is 22.5 Å². The van der Waals surface area contributed by atoms with Crippen molar-refractivity contribution < 1.29 is 9.47 Å².